The predicted molar refractivity (Wildman–Crippen MR) is 79.0 cm³/mol. The van der Waals surface area contributed by atoms with Gasteiger partial charge in [-0.15, -0.1) is 0 Å². The van der Waals surface area contributed by atoms with Gasteiger partial charge in [0.1, 0.15) is 18.5 Å². The lowest BCUT2D eigenvalue weighted by Gasteiger charge is -2.16. The summed E-state index contributed by atoms with van der Waals surface area (Å²) in [6.45, 7) is 2.87. The van der Waals surface area contributed by atoms with E-state index in [4.69, 9.17) is 14.2 Å². The Hall–Kier alpha value is -0.660. The lowest BCUT2D eigenvalue weighted by molar-refractivity contribution is -0.00461. The van der Waals surface area contributed by atoms with Crippen molar-refractivity contribution >= 4 is 15.9 Å². The normalized spacial score (nSPS) is 14.1. The first-order valence-corrected chi connectivity index (χ1v) is 7.19. The smallest absolute Gasteiger partial charge is 0.126 e. The van der Waals surface area contributed by atoms with E-state index in [0.717, 1.165) is 4.47 Å². The molecule has 0 saturated heterocycles. The fourth-order valence-corrected chi connectivity index (χ4v) is 1.91. The third kappa shape index (κ3) is 6.19. The Balaban J connectivity index is 2.46. The van der Waals surface area contributed by atoms with Gasteiger partial charge >= 0.3 is 0 Å². The van der Waals surface area contributed by atoms with Gasteiger partial charge in [-0.2, -0.15) is 0 Å². The molecule has 0 radical (unpaired) electrons. The molecule has 0 heterocycles. The number of ether oxygens (including phenoxy) is 3. The molecule has 2 atom stereocenters. The summed E-state index contributed by atoms with van der Waals surface area (Å²) < 4.78 is 16.4. The van der Waals surface area contributed by atoms with E-state index in [1.807, 2.05) is 6.07 Å². The van der Waals surface area contributed by atoms with Crippen molar-refractivity contribution in [2.75, 3.05) is 33.5 Å². The van der Waals surface area contributed by atoms with Crippen LogP contribution in [0.3, 0.4) is 0 Å². The molecule has 0 spiro atoms. The summed E-state index contributed by atoms with van der Waals surface area (Å²) in [6, 6.07) is 5.38. The molecule has 1 aromatic rings. The lowest BCUT2D eigenvalue weighted by atomic mass is 10.1. The molecule has 2 N–H and O–H groups in total. The second-order valence-corrected chi connectivity index (χ2v) is 5.31. The average Bonchev–Trinajstić information content (AvgIpc) is 2.41. The highest BCUT2D eigenvalue weighted by molar-refractivity contribution is 9.10. The van der Waals surface area contributed by atoms with Gasteiger partial charge in [0, 0.05) is 17.1 Å². The summed E-state index contributed by atoms with van der Waals surface area (Å²) in [5, 5.41) is 19.4. The van der Waals surface area contributed by atoms with E-state index < -0.39 is 12.2 Å². The van der Waals surface area contributed by atoms with Gasteiger partial charge in [0.25, 0.3) is 0 Å². The largest absolute Gasteiger partial charge is 0.490 e. The number of methoxy groups -OCH3 is 1. The van der Waals surface area contributed by atoms with Crippen LogP contribution in [-0.4, -0.2) is 49.9 Å². The Bertz CT molecular complexity index is 397. The first-order chi connectivity index (χ1) is 9.54. The molecule has 0 aromatic heterocycles. The van der Waals surface area contributed by atoms with E-state index in [1.165, 1.54) is 0 Å². The van der Waals surface area contributed by atoms with Gasteiger partial charge in [0.15, 0.2) is 0 Å². The molecule has 0 saturated carbocycles. The molecular formula is C14H21BrO5. The van der Waals surface area contributed by atoms with Crippen molar-refractivity contribution in [2.45, 2.75) is 19.1 Å². The molecule has 0 fully saturated rings. The van der Waals surface area contributed by atoms with E-state index in [2.05, 4.69) is 15.9 Å². The highest BCUT2D eigenvalue weighted by Gasteiger charge is 2.12. The molecule has 2 unspecified atom stereocenters. The van der Waals surface area contributed by atoms with Crippen molar-refractivity contribution in [3.63, 3.8) is 0 Å². The molecule has 0 amide bonds. The average molecular weight is 349 g/mol. The highest BCUT2D eigenvalue weighted by atomic mass is 79.9. The van der Waals surface area contributed by atoms with Crippen LogP contribution in [0.5, 0.6) is 5.75 Å². The van der Waals surface area contributed by atoms with Crippen molar-refractivity contribution in [2.24, 2.45) is 0 Å². The molecule has 114 valence electrons. The third-order valence-electron chi connectivity index (χ3n) is 2.60. The molecule has 1 aromatic carbocycles. The van der Waals surface area contributed by atoms with E-state index in [-0.39, 0.29) is 13.2 Å². The summed E-state index contributed by atoms with van der Waals surface area (Å²) in [5.41, 5.74) is 0.681. The number of halogens is 1. The van der Waals surface area contributed by atoms with Crippen LogP contribution in [0.4, 0.5) is 0 Å². The second kappa shape index (κ2) is 9.31. The van der Waals surface area contributed by atoms with Crippen LogP contribution in [0.2, 0.25) is 0 Å². The topological polar surface area (TPSA) is 68.2 Å². The zero-order valence-electron chi connectivity index (χ0n) is 11.7. The van der Waals surface area contributed by atoms with Crippen molar-refractivity contribution < 1.29 is 24.4 Å². The summed E-state index contributed by atoms with van der Waals surface area (Å²) in [4.78, 5) is 0. The number of rotatable bonds is 9. The molecule has 20 heavy (non-hydrogen) atoms. The molecule has 5 nitrogen and oxygen atoms in total. The van der Waals surface area contributed by atoms with Gasteiger partial charge in [-0.3, -0.25) is 0 Å². The lowest BCUT2D eigenvalue weighted by Crippen LogP contribution is -2.24. The maximum Gasteiger partial charge on any atom is 0.126 e. The number of hydrogen-bond acceptors (Lipinski definition) is 5. The van der Waals surface area contributed by atoms with Crippen LogP contribution in [0, 0.1) is 0 Å². The minimum absolute atomic E-state index is 0.100. The summed E-state index contributed by atoms with van der Waals surface area (Å²) >= 11 is 3.35. The monoisotopic (exact) mass is 348 g/mol. The van der Waals surface area contributed by atoms with Crippen molar-refractivity contribution in [1.29, 1.82) is 0 Å². The van der Waals surface area contributed by atoms with Gasteiger partial charge in [-0.1, -0.05) is 22.0 Å². The Morgan fingerprint density at radius 2 is 1.95 bits per heavy atom. The molecule has 0 aliphatic heterocycles. The van der Waals surface area contributed by atoms with Crippen LogP contribution in [0.25, 0.3) is 0 Å². The van der Waals surface area contributed by atoms with Gasteiger partial charge < -0.3 is 24.4 Å². The van der Waals surface area contributed by atoms with Gasteiger partial charge in [-0.25, -0.2) is 0 Å². The Kier molecular flexibility index (Phi) is 8.09. The summed E-state index contributed by atoms with van der Waals surface area (Å²) in [6.07, 6.45) is -1.36. The van der Waals surface area contributed by atoms with E-state index in [0.29, 0.717) is 24.5 Å². The fourth-order valence-electron chi connectivity index (χ4n) is 1.57. The van der Waals surface area contributed by atoms with E-state index >= 15 is 0 Å². The van der Waals surface area contributed by atoms with Crippen LogP contribution in [0.15, 0.2) is 22.7 Å². The molecule has 1 rings (SSSR count). The molecular weight excluding hydrogens is 328 g/mol. The quantitative estimate of drug-likeness (QED) is 0.667. The van der Waals surface area contributed by atoms with Crippen LogP contribution < -0.4 is 4.74 Å². The highest BCUT2D eigenvalue weighted by Crippen LogP contribution is 2.28. The molecule has 0 aliphatic rings. The Morgan fingerprint density at radius 3 is 2.60 bits per heavy atom. The zero-order chi connectivity index (χ0) is 15.0. The Morgan fingerprint density at radius 1 is 1.20 bits per heavy atom. The number of hydrogen-bond donors (Lipinski definition) is 2. The van der Waals surface area contributed by atoms with Gasteiger partial charge in [0.2, 0.25) is 0 Å². The standard InChI is InChI=1S/C14H21BrO5/c1-10(16)13-4-3-11(15)7-14(13)20-9-12(17)8-19-6-5-18-2/h3-4,7,10,12,16-17H,5-6,8-9H2,1-2H3. The SMILES string of the molecule is COCCOCC(O)COc1cc(Br)ccc1C(C)O. The fraction of sp³-hybridized carbons (Fsp3) is 0.571. The second-order valence-electron chi connectivity index (χ2n) is 4.39. The predicted octanol–water partition coefficient (Wildman–Crippen LogP) is 1.91. The van der Waals surface area contributed by atoms with Crippen LogP contribution in [0.1, 0.15) is 18.6 Å². The van der Waals surface area contributed by atoms with E-state index in [1.54, 1.807) is 26.2 Å². The maximum atomic E-state index is 9.74. The van der Waals surface area contributed by atoms with Gasteiger partial charge in [0.05, 0.1) is 25.9 Å². The summed E-state index contributed by atoms with van der Waals surface area (Å²) in [7, 11) is 1.59. The number of aliphatic hydroxyl groups is 2. The zero-order valence-corrected chi connectivity index (χ0v) is 13.3. The van der Waals surface area contributed by atoms with Crippen molar-refractivity contribution in [3.05, 3.63) is 28.2 Å². The van der Waals surface area contributed by atoms with Gasteiger partial charge in [-0.05, 0) is 19.1 Å². The van der Waals surface area contributed by atoms with Crippen molar-refractivity contribution in [1.82, 2.24) is 0 Å². The minimum Gasteiger partial charge on any atom is -0.490 e. The molecule has 0 aliphatic carbocycles. The van der Waals surface area contributed by atoms with Crippen LogP contribution in [-0.2, 0) is 9.47 Å². The first kappa shape index (κ1) is 17.4. The van der Waals surface area contributed by atoms with E-state index in [9.17, 15) is 10.2 Å². The first-order valence-electron chi connectivity index (χ1n) is 6.39. The minimum atomic E-state index is -0.729. The van der Waals surface area contributed by atoms with Crippen LogP contribution >= 0.6 is 15.9 Å². The van der Waals surface area contributed by atoms with Crippen molar-refractivity contribution in [3.8, 4) is 5.75 Å². The summed E-state index contributed by atoms with van der Waals surface area (Å²) in [5.74, 6) is 0.547. The number of aliphatic hydroxyl groups excluding tert-OH is 2. The maximum absolute atomic E-state index is 9.74. The Labute approximate surface area is 127 Å². The third-order valence-corrected chi connectivity index (χ3v) is 3.09. The molecule has 6 heteroatoms. The number of benzene rings is 1. The molecule has 0 bridgehead atoms.